The molecule has 2 aromatic rings. The van der Waals surface area contributed by atoms with Crippen LogP contribution in [0.15, 0.2) is 18.2 Å². The van der Waals surface area contributed by atoms with Gasteiger partial charge in [-0.1, -0.05) is 32.9 Å². The summed E-state index contributed by atoms with van der Waals surface area (Å²) in [4.78, 5) is 18.4. The van der Waals surface area contributed by atoms with E-state index in [0.717, 1.165) is 0 Å². The van der Waals surface area contributed by atoms with E-state index in [1.165, 1.54) is 19.2 Å². The number of ether oxygens (including phenoxy) is 1. The molecular weight excluding hydrogens is 435 g/mol. The molecule has 1 aliphatic carbocycles. The largest absolute Gasteiger partial charge is 0.464 e. The molecule has 0 unspecified atom stereocenters. The van der Waals surface area contributed by atoms with Crippen LogP contribution in [-0.2, 0) is 22.9 Å². The monoisotopic (exact) mass is 465 g/mol. The van der Waals surface area contributed by atoms with Gasteiger partial charge in [-0.25, -0.2) is 9.78 Å². The van der Waals surface area contributed by atoms with Crippen LogP contribution in [0.4, 0.5) is 18.9 Å². The number of anilines is 1. The molecule has 1 saturated heterocycles. The second kappa shape index (κ2) is 7.75. The summed E-state index contributed by atoms with van der Waals surface area (Å²) in [5, 5.41) is 9.63. The summed E-state index contributed by atoms with van der Waals surface area (Å²) in [6, 6.07) is 4.64. The number of imidazole rings is 1. The number of benzene rings is 1. The summed E-state index contributed by atoms with van der Waals surface area (Å²) >= 11 is 0. The maximum absolute atomic E-state index is 14.3. The van der Waals surface area contributed by atoms with Crippen molar-refractivity contribution >= 4 is 11.7 Å². The molecule has 1 saturated carbocycles. The van der Waals surface area contributed by atoms with Crippen LogP contribution in [0.5, 0.6) is 0 Å². The molecule has 1 aliphatic heterocycles. The molecule has 9 heteroatoms. The average molecular weight is 466 g/mol. The van der Waals surface area contributed by atoms with E-state index in [4.69, 9.17) is 4.74 Å². The molecule has 180 valence electrons. The maximum atomic E-state index is 14.3. The molecule has 0 bridgehead atoms. The van der Waals surface area contributed by atoms with E-state index in [1.54, 1.807) is 22.5 Å². The zero-order chi connectivity index (χ0) is 24.3. The fraction of sp³-hybridized carbons (Fsp3) is 0.583. The molecule has 1 N–H and O–H groups in total. The average Bonchev–Trinajstić information content (AvgIpc) is 2.98. The minimum Gasteiger partial charge on any atom is -0.464 e. The highest BCUT2D eigenvalue weighted by molar-refractivity contribution is 5.88. The van der Waals surface area contributed by atoms with Crippen molar-refractivity contribution < 1.29 is 27.8 Å². The Balaban J connectivity index is 1.75. The fourth-order valence-corrected chi connectivity index (χ4v) is 5.20. The Morgan fingerprint density at radius 3 is 2.39 bits per heavy atom. The number of rotatable bonds is 4. The second-order valence-corrected chi connectivity index (χ2v) is 10.4. The van der Waals surface area contributed by atoms with Gasteiger partial charge >= 0.3 is 12.1 Å². The van der Waals surface area contributed by atoms with E-state index in [1.807, 2.05) is 20.8 Å². The standard InChI is InChI=1S/C24H30F3N3O3/c1-14-19(20(32)33-5)28-21(22(2,3)4)30(14)11-15-7-6-8-17(18(15)24(25,26)27)29-12-23(13-29)9-16(31)10-23/h6-8,16,31H,9-13H2,1-5H3. The highest BCUT2D eigenvalue weighted by Crippen LogP contribution is 2.51. The van der Waals surface area contributed by atoms with Crippen molar-refractivity contribution in [3.05, 3.63) is 46.5 Å². The smallest absolute Gasteiger partial charge is 0.418 e. The summed E-state index contributed by atoms with van der Waals surface area (Å²) in [7, 11) is 1.25. The molecule has 6 nitrogen and oxygen atoms in total. The first-order valence-corrected chi connectivity index (χ1v) is 11.0. The normalized spacial score (nSPS) is 18.3. The van der Waals surface area contributed by atoms with Crippen LogP contribution < -0.4 is 4.90 Å². The van der Waals surface area contributed by atoms with Crippen molar-refractivity contribution in [2.75, 3.05) is 25.1 Å². The van der Waals surface area contributed by atoms with Crippen LogP contribution >= 0.6 is 0 Å². The molecule has 2 fully saturated rings. The zero-order valence-corrected chi connectivity index (χ0v) is 19.6. The van der Waals surface area contributed by atoms with E-state index in [-0.39, 0.29) is 35.0 Å². The lowest BCUT2D eigenvalue weighted by Crippen LogP contribution is -2.64. The number of aromatic nitrogens is 2. The molecule has 33 heavy (non-hydrogen) atoms. The Bertz CT molecular complexity index is 1070. The first-order chi connectivity index (χ1) is 15.3. The Kier molecular flexibility index (Phi) is 5.54. The van der Waals surface area contributed by atoms with Crippen LogP contribution in [0.25, 0.3) is 0 Å². The molecule has 1 aromatic heterocycles. The first kappa shape index (κ1) is 23.6. The van der Waals surface area contributed by atoms with Gasteiger partial charge in [-0.05, 0) is 31.4 Å². The van der Waals surface area contributed by atoms with E-state index in [0.29, 0.717) is 37.4 Å². The van der Waals surface area contributed by atoms with E-state index in [9.17, 15) is 23.1 Å². The van der Waals surface area contributed by atoms with Gasteiger partial charge in [-0.15, -0.1) is 0 Å². The number of aliphatic hydroxyl groups is 1. The number of methoxy groups -OCH3 is 1. The topological polar surface area (TPSA) is 67.6 Å². The van der Waals surface area contributed by atoms with Crippen molar-refractivity contribution in [1.29, 1.82) is 0 Å². The van der Waals surface area contributed by atoms with Crippen molar-refractivity contribution in [2.45, 2.75) is 64.8 Å². The van der Waals surface area contributed by atoms with Gasteiger partial charge in [0.25, 0.3) is 0 Å². The fourth-order valence-electron chi connectivity index (χ4n) is 5.20. The third kappa shape index (κ3) is 4.11. The Hall–Kier alpha value is -2.55. The Morgan fingerprint density at radius 2 is 1.88 bits per heavy atom. The molecular formula is C24H30F3N3O3. The number of nitrogens with zero attached hydrogens (tertiary/aromatic N) is 3. The van der Waals surface area contributed by atoms with Crippen LogP contribution in [0.2, 0.25) is 0 Å². The van der Waals surface area contributed by atoms with E-state index >= 15 is 0 Å². The number of alkyl halides is 3. The molecule has 1 spiro atoms. The third-order valence-corrected chi connectivity index (χ3v) is 6.74. The Labute approximate surface area is 191 Å². The number of esters is 1. The van der Waals surface area contributed by atoms with Gasteiger partial charge in [-0.2, -0.15) is 13.2 Å². The number of carbonyl (C=O) groups is 1. The van der Waals surface area contributed by atoms with Crippen molar-refractivity contribution in [3.63, 3.8) is 0 Å². The molecule has 0 radical (unpaired) electrons. The second-order valence-electron chi connectivity index (χ2n) is 10.4. The Morgan fingerprint density at radius 1 is 1.24 bits per heavy atom. The van der Waals surface area contributed by atoms with Gasteiger partial charge in [0.1, 0.15) is 5.82 Å². The van der Waals surface area contributed by atoms with Gasteiger partial charge in [-0.3, -0.25) is 0 Å². The molecule has 1 aromatic carbocycles. The highest BCUT2D eigenvalue weighted by atomic mass is 19.4. The summed E-state index contributed by atoms with van der Waals surface area (Å²) in [6.45, 7) is 8.34. The number of carbonyl (C=O) groups excluding carboxylic acids is 1. The van der Waals surface area contributed by atoms with Crippen LogP contribution in [0.3, 0.4) is 0 Å². The van der Waals surface area contributed by atoms with Gasteiger partial charge in [0, 0.05) is 41.8 Å². The van der Waals surface area contributed by atoms with E-state index < -0.39 is 23.1 Å². The summed E-state index contributed by atoms with van der Waals surface area (Å²) in [5.74, 6) is -0.0969. The third-order valence-electron chi connectivity index (χ3n) is 6.74. The lowest BCUT2D eigenvalue weighted by molar-refractivity contribution is -0.138. The van der Waals surface area contributed by atoms with Crippen molar-refractivity contribution in [2.24, 2.45) is 5.41 Å². The van der Waals surface area contributed by atoms with Crippen LogP contribution in [0.1, 0.15) is 66.7 Å². The first-order valence-electron chi connectivity index (χ1n) is 11.0. The van der Waals surface area contributed by atoms with Crippen molar-refractivity contribution in [1.82, 2.24) is 9.55 Å². The predicted octanol–water partition coefficient (Wildman–Crippen LogP) is 4.30. The van der Waals surface area contributed by atoms with Crippen LogP contribution in [0, 0.1) is 12.3 Å². The number of hydrogen-bond acceptors (Lipinski definition) is 5. The van der Waals surface area contributed by atoms with Crippen molar-refractivity contribution in [3.8, 4) is 0 Å². The maximum Gasteiger partial charge on any atom is 0.418 e. The van der Waals surface area contributed by atoms with Gasteiger partial charge in [0.15, 0.2) is 5.69 Å². The summed E-state index contributed by atoms with van der Waals surface area (Å²) in [6.07, 6.45) is -3.60. The highest BCUT2D eigenvalue weighted by Gasteiger charge is 2.53. The zero-order valence-electron chi connectivity index (χ0n) is 19.6. The molecule has 2 aliphatic rings. The number of hydrogen-bond donors (Lipinski definition) is 1. The minimum atomic E-state index is -4.55. The molecule has 0 amide bonds. The summed E-state index contributed by atoms with van der Waals surface area (Å²) in [5.41, 5.74) is -0.354. The van der Waals surface area contributed by atoms with Gasteiger partial charge < -0.3 is 19.3 Å². The number of halogens is 3. The van der Waals surface area contributed by atoms with E-state index in [2.05, 4.69) is 4.98 Å². The summed E-state index contributed by atoms with van der Waals surface area (Å²) < 4.78 is 49.5. The molecule has 0 atom stereocenters. The SMILES string of the molecule is COC(=O)c1nc(C(C)(C)C)n(Cc2cccc(N3CC4(CC(O)C4)C3)c2C(F)(F)F)c1C. The predicted molar refractivity (Wildman–Crippen MR) is 117 cm³/mol. The quantitative estimate of drug-likeness (QED) is 0.682. The van der Waals surface area contributed by atoms with Gasteiger partial charge in [0.05, 0.1) is 18.8 Å². The van der Waals surface area contributed by atoms with Gasteiger partial charge in [0.2, 0.25) is 0 Å². The minimum absolute atomic E-state index is 0.0615. The van der Waals surface area contributed by atoms with Crippen LogP contribution in [-0.4, -0.2) is 46.9 Å². The number of aliphatic hydroxyl groups excluding tert-OH is 1. The lowest BCUT2D eigenvalue weighted by Gasteiger charge is -2.59. The lowest BCUT2D eigenvalue weighted by atomic mass is 9.61. The molecule has 4 rings (SSSR count). The molecule has 2 heterocycles.